The van der Waals surface area contributed by atoms with Gasteiger partial charge >= 0.3 is 5.97 Å². The summed E-state index contributed by atoms with van der Waals surface area (Å²) in [7, 11) is -3.53. The molecule has 0 spiro atoms. The van der Waals surface area contributed by atoms with Gasteiger partial charge in [0.1, 0.15) is 4.21 Å². The van der Waals surface area contributed by atoms with Gasteiger partial charge in [-0.25, -0.2) is 8.42 Å². The van der Waals surface area contributed by atoms with E-state index in [4.69, 9.17) is 16.7 Å². The Morgan fingerprint density at radius 1 is 1.63 bits per heavy atom. The largest absolute Gasteiger partial charge is 0.481 e. The number of thiophene rings is 1. The molecule has 1 aliphatic rings. The Balaban J connectivity index is 2.16. The lowest BCUT2D eigenvalue weighted by atomic mass is 10.1. The van der Waals surface area contributed by atoms with Gasteiger partial charge in [-0.3, -0.25) is 4.79 Å². The fraction of sp³-hybridized carbons (Fsp3) is 0.545. The zero-order valence-corrected chi connectivity index (χ0v) is 12.7. The third-order valence-electron chi connectivity index (χ3n) is 3.14. The third-order valence-corrected chi connectivity index (χ3v) is 7.01. The van der Waals surface area contributed by atoms with Crippen molar-refractivity contribution >= 4 is 38.9 Å². The van der Waals surface area contributed by atoms with Crippen molar-refractivity contribution in [3.63, 3.8) is 0 Å². The van der Waals surface area contributed by atoms with Gasteiger partial charge in [0.25, 0.3) is 10.0 Å². The number of sulfonamides is 1. The number of hydrogen-bond acceptors (Lipinski definition) is 4. The number of rotatable bonds is 4. The minimum Gasteiger partial charge on any atom is -0.481 e. The minimum absolute atomic E-state index is 0.0102. The topological polar surface area (TPSA) is 74.7 Å². The summed E-state index contributed by atoms with van der Waals surface area (Å²) in [5.41, 5.74) is 0.742. The highest BCUT2D eigenvalue weighted by Gasteiger charge is 2.34. The number of carboxylic acid groups (broad SMARTS) is 1. The molecular formula is C11H14ClNO4S2. The zero-order chi connectivity index (χ0) is 14.2. The van der Waals surface area contributed by atoms with Crippen LogP contribution < -0.4 is 0 Å². The molecule has 1 unspecified atom stereocenters. The van der Waals surface area contributed by atoms with E-state index in [2.05, 4.69) is 0 Å². The number of aryl methyl sites for hydroxylation is 1. The van der Waals surface area contributed by atoms with Crippen LogP contribution in [0, 0.1) is 12.8 Å². The molecule has 1 saturated heterocycles. The fourth-order valence-corrected chi connectivity index (χ4v) is 5.51. The molecule has 19 heavy (non-hydrogen) atoms. The summed E-state index contributed by atoms with van der Waals surface area (Å²) in [6.07, 6.45) is 0.597. The van der Waals surface area contributed by atoms with E-state index in [0.29, 0.717) is 17.3 Å². The second kappa shape index (κ2) is 5.40. The SMILES string of the molecule is Cc1cc(S(=O)(=O)N2CCC(CC(=O)O)C2)sc1Cl. The number of carbonyl (C=O) groups is 1. The van der Waals surface area contributed by atoms with E-state index in [1.54, 1.807) is 13.0 Å². The standard InChI is InChI=1S/C11H14ClNO4S2/c1-7-4-10(18-11(7)12)19(16,17)13-3-2-8(6-13)5-9(14)15/h4,8H,2-3,5-6H2,1H3,(H,14,15). The molecule has 1 fully saturated rings. The molecule has 1 aromatic rings. The minimum atomic E-state index is -3.53. The number of nitrogens with zero attached hydrogens (tertiary/aromatic N) is 1. The Morgan fingerprint density at radius 3 is 2.84 bits per heavy atom. The van der Waals surface area contributed by atoms with Crippen LogP contribution in [0.4, 0.5) is 0 Å². The van der Waals surface area contributed by atoms with Crippen molar-refractivity contribution in [3.8, 4) is 0 Å². The van der Waals surface area contributed by atoms with Crippen molar-refractivity contribution in [1.82, 2.24) is 4.31 Å². The molecule has 2 rings (SSSR count). The Kier molecular flexibility index (Phi) is 4.20. The van der Waals surface area contributed by atoms with Gasteiger partial charge in [-0.2, -0.15) is 4.31 Å². The Bertz CT molecular complexity index is 576. The lowest BCUT2D eigenvalue weighted by molar-refractivity contribution is -0.137. The predicted molar refractivity (Wildman–Crippen MR) is 73.2 cm³/mol. The maximum atomic E-state index is 12.4. The van der Waals surface area contributed by atoms with Gasteiger partial charge < -0.3 is 5.11 Å². The number of halogens is 1. The van der Waals surface area contributed by atoms with E-state index in [9.17, 15) is 13.2 Å². The molecule has 0 amide bonds. The molecule has 0 aromatic carbocycles. The van der Waals surface area contributed by atoms with Crippen molar-refractivity contribution in [3.05, 3.63) is 16.0 Å². The normalized spacial score (nSPS) is 20.8. The first kappa shape index (κ1) is 14.8. The quantitative estimate of drug-likeness (QED) is 0.921. The van der Waals surface area contributed by atoms with Crippen LogP contribution in [0.5, 0.6) is 0 Å². The first-order chi connectivity index (χ1) is 8.80. The highest BCUT2D eigenvalue weighted by molar-refractivity contribution is 7.91. The van der Waals surface area contributed by atoms with Crippen LogP contribution in [0.1, 0.15) is 18.4 Å². The monoisotopic (exact) mass is 323 g/mol. The summed E-state index contributed by atoms with van der Waals surface area (Å²) >= 11 is 6.94. The molecule has 0 bridgehead atoms. The molecule has 2 heterocycles. The Hall–Kier alpha value is -0.630. The first-order valence-corrected chi connectivity index (χ1v) is 8.42. The molecule has 1 atom stereocenters. The van der Waals surface area contributed by atoms with E-state index in [-0.39, 0.29) is 23.1 Å². The van der Waals surface area contributed by atoms with E-state index in [0.717, 1.165) is 16.9 Å². The number of hydrogen-bond donors (Lipinski definition) is 1. The van der Waals surface area contributed by atoms with E-state index >= 15 is 0 Å². The highest BCUT2D eigenvalue weighted by atomic mass is 35.5. The van der Waals surface area contributed by atoms with Crippen LogP contribution >= 0.6 is 22.9 Å². The highest BCUT2D eigenvalue weighted by Crippen LogP contribution is 2.34. The zero-order valence-electron chi connectivity index (χ0n) is 10.3. The first-order valence-electron chi connectivity index (χ1n) is 5.78. The van der Waals surface area contributed by atoms with Gasteiger partial charge in [-0.1, -0.05) is 11.6 Å². The molecule has 1 aliphatic heterocycles. The summed E-state index contributed by atoms with van der Waals surface area (Å²) in [5, 5.41) is 8.74. The summed E-state index contributed by atoms with van der Waals surface area (Å²) in [5.74, 6) is -0.997. The van der Waals surface area contributed by atoms with Crippen molar-refractivity contribution in [1.29, 1.82) is 0 Å². The maximum Gasteiger partial charge on any atom is 0.303 e. The van der Waals surface area contributed by atoms with Crippen LogP contribution in [-0.2, 0) is 14.8 Å². The van der Waals surface area contributed by atoms with Crippen molar-refractivity contribution in [2.75, 3.05) is 13.1 Å². The average molecular weight is 324 g/mol. The van der Waals surface area contributed by atoms with E-state index in [1.165, 1.54) is 4.31 Å². The molecule has 0 saturated carbocycles. The van der Waals surface area contributed by atoms with Gasteiger partial charge in [0.15, 0.2) is 0 Å². The molecule has 1 N–H and O–H groups in total. The van der Waals surface area contributed by atoms with Crippen LogP contribution in [0.15, 0.2) is 10.3 Å². The third kappa shape index (κ3) is 3.10. The van der Waals surface area contributed by atoms with Crippen molar-refractivity contribution < 1.29 is 18.3 Å². The number of aliphatic carboxylic acids is 1. The molecule has 1 aromatic heterocycles. The van der Waals surface area contributed by atoms with E-state index in [1.807, 2.05) is 0 Å². The van der Waals surface area contributed by atoms with Gasteiger partial charge in [0, 0.05) is 19.5 Å². The Labute approximate surface area is 120 Å². The van der Waals surface area contributed by atoms with Crippen LogP contribution in [0.25, 0.3) is 0 Å². The summed E-state index contributed by atoms with van der Waals surface area (Å²) in [6.45, 7) is 2.40. The lowest BCUT2D eigenvalue weighted by Crippen LogP contribution is -2.28. The van der Waals surface area contributed by atoms with Crippen molar-refractivity contribution in [2.45, 2.75) is 24.0 Å². The van der Waals surface area contributed by atoms with Gasteiger partial charge in [0.05, 0.1) is 4.34 Å². The van der Waals surface area contributed by atoms with Gasteiger partial charge in [0.2, 0.25) is 0 Å². The Morgan fingerprint density at radius 2 is 2.32 bits per heavy atom. The second-order valence-corrected chi connectivity index (χ2v) is 8.46. The second-order valence-electron chi connectivity index (χ2n) is 4.64. The predicted octanol–water partition coefficient (Wildman–Crippen LogP) is 2.20. The smallest absolute Gasteiger partial charge is 0.303 e. The van der Waals surface area contributed by atoms with E-state index < -0.39 is 16.0 Å². The molecule has 8 heteroatoms. The van der Waals surface area contributed by atoms with Crippen molar-refractivity contribution in [2.24, 2.45) is 5.92 Å². The van der Waals surface area contributed by atoms with Crippen LogP contribution in [0.3, 0.4) is 0 Å². The summed E-state index contributed by atoms with van der Waals surface area (Å²) in [4.78, 5) is 10.6. The van der Waals surface area contributed by atoms with Gasteiger partial charge in [-0.05, 0) is 30.9 Å². The lowest BCUT2D eigenvalue weighted by Gasteiger charge is -2.14. The summed E-state index contributed by atoms with van der Waals surface area (Å²) in [6, 6.07) is 1.56. The fourth-order valence-electron chi connectivity index (χ4n) is 2.12. The van der Waals surface area contributed by atoms with Crippen LogP contribution in [-0.4, -0.2) is 36.9 Å². The molecule has 0 aliphatic carbocycles. The number of carboxylic acids is 1. The van der Waals surface area contributed by atoms with Crippen LogP contribution in [0.2, 0.25) is 4.34 Å². The molecule has 0 radical (unpaired) electrons. The average Bonchev–Trinajstić information content (AvgIpc) is 2.87. The van der Waals surface area contributed by atoms with Gasteiger partial charge in [-0.15, -0.1) is 11.3 Å². The molecule has 106 valence electrons. The molecular weight excluding hydrogens is 310 g/mol. The molecule has 5 nitrogen and oxygen atoms in total. The summed E-state index contributed by atoms with van der Waals surface area (Å²) < 4.78 is 26.8. The maximum absolute atomic E-state index is 12.4.